The third-order valence-electron chi connectivity index (χ3n) is 3.94. The topological polar surface area (TPSA) is 20.2 Å². The van der Waals surface area contributed by atoms with Crippen molar-refractivity contribution in [3.05, 3.63) is 35.6 Å². The fourth-order valence-electron chi connectivity index (χ4n) is 2.95. The van der Waals surface area contributed by atoms with Crippen LogP contribution in [0.2, 0.25) is 0 Å². The van der Waals surface area contributed by atoms with Gasteiger partial charge in [0.2, 0.25) is 0 Å². The molecule has 0 saturated heterocycles. The van der Waals surface area contributed by atoms with Gasteiger partial charge in [-0.25, -0.2) is 4.39 Å². The van der Waals surface area contributed by atoms with E-state index >= 15 is 0 Å². The highest BCUT2D eigenvalue weighted by Gasteiger charge is 2.47. The number of hydrogen-bond donors (Lipinski definition) is 1. The zero-order valence-corrected chi connectivity index (χ0v) is 8.57. The van der Waals surface area contributed by atoms with E-state index in [2.05, 4.69) is 0 Å². The minimum absolute atomic E-state index is 0.236. The number of aliphatic hydroxyl groups excluding tert-OH is 1. The Morgan fingerprint density at radius 2 is 1.67 bits per heavy atom. The summed E-state index contributed by atoms with van der Waals surface area (Å²) in [5.41, 5.74) is 0.864. The molecular weight excluding hydrogens is 191 g/mol. The Balaban J connectivity index is 1.73. The van der Waals surface area contributed by atoms with Crippen LogP contribution in [-0.4, -0.2) is 5.11 Å². The lowest BCUT2D eigenvalue weighted by molar-refractivity contribution is 0.104. The first-order valence-electron chi connectivity index (χ1n) is 5.67. The molecule has 0 aliphatic heterocycles. The lowest BCUT2D eigenvalue weighted by Gasteiger charge is -2.19. The number of rotatable bonds is 2. The van der Waals surface area contributed by atoms with Crippen molar-refractivity contribution in [3.63, 3.8) is 0 Å². The molecule has 3 rings (SSSR count). The van der Waals surface area contributed by atoms with Gasteiger partial charge in [-0.1, -0.05) is 12.1 Å². The van der Waals surface area contributed by atoms with Crippen molar-refractivity contribution in [2.45, 2.75) is 25.4 Å². The van der Waals surface area contributed by atoms with Crippen LogP contribution in [0.3, 0.4) is 0 Å². The highest BCUT2D eigenvalue weighted by Crippen LogP contribution is 2.57. The first-order chi connectivity index (χ1) is 7.24. The van der Waals surface area contributed by atoms with Crippen molar-refractivity contribution in [1.29, 1.82) is 0 Å². The molecule has 1 N–H and O–H groups in total. The van der Waals surface area contributed by atoms with Gasteiger partial charge in [0.25, 0.3) is 0 Å². The summed E-state index contributed by atoms with van der Waals surface area (Å²) >= 11 is 0. The van der Waals surface area contributed by atoms with E-state index in [1.807, 2.05) is 0 Å². The Kier molecular flexibility index (Phi) is 2.06. The largest absolute Gasteiger partial charge is 0.388 e. The molecule has 3 atom stereocenters. The fraction of sp³-hybridized carbons (Fsp3) is 0.538. The molecule has 3 unspecified atom stereocenters. The Morgan fingerprint density at radius 3 is 2.27 bits per heavy atom. The van der Waals surface area contributed by atoms with Crippen molar-refractivity contribution < 1.29 is 9.50 Å². The average Bonchev–Trinajstić information content (AvgIpc) is 2.86. The van der Waals surface area contributed by atoms with Crippen LogP contribution in [0.5, 0.6) is 0 Å². The number of aliphatic hydroxyl groups is 1. The van der Waals surface area contributed by atoms with Crippen LogP contribution < -0.4 is 0 Å². The lowest BCUT2D eigenvalue weighted by atomic mass is 9.92. The first kappa shape index (κ1) is 9.34. The predicted molar refractivity (Wildman–Crippen MR) is 55.7 cm³/mol. The number of hydrogen-bond acceptors (Lipinski definition) is 1. The molecule has 2 aliphatic rings. The molecule has 1 nitrogen and oxygen atoms in total. The second-order valence-electron chi connectivity index (χ2n) is 4.98. The molecule has 2 saturated carbocycles. The molecule has 2 heteroatoms. The van der Waals surface area contributed by atoms with E-state index in [-0.39, 0.29) is 5.82 Å². The Bertz CT molecular complexity index is 349. The summed E-state index contributed by atoms with van der Waals surface area (Å²) < 4.78 is 12.7. The van der Waals surface area contributed by atoms with E-state index in [9.17, 15) is 9.50 Å². The highest BCUT2D eigenvalue weighted by atomic mass is 19.1. The molecule has 0 amide bonds. The summed E-state index contributed by atoms with van der Waals surface area (Å²) in [7, 11) is 0. The molecule has 2 fully saturated rings. The smallest absolute Gasteiger partial charge is 0.123 e. The van der Waals surface area contributed by atoms with Gasteiger partial charge in [-0.05, 0) is 54.7 Å². The molecule has 1 aromatic rings. The highest BCUT2D eigenvalue weighted by molar-refractivity contribution is 5.20. The molecule has 0 aromatic heterocycles. The van der Waals surface area contributed by atoms with Gasteiger partial charge in [-0.15, -0.1) is 0 Å². The molecule has 0 spiro atoms. The zero-order valence-electron chi connectivity index (χ0n) is 8.57. The maximum absolute atomic E-state index is 12.7. The molecule has 1 aromatic carbocycles. The fourth-order valence-corrected chi connectivity index (χ4v) is 2.95. The van der Waals surface area contributed by atoms with E-state index in [1.54, 1.807) is 12.1 Å². The molecule has 2 aliphatic carbocycles. The summed E-state index contributed by atoms with van der Waals surface area (Å²) in [5, 5.41) is 10.1. The van der Waals surface area contributed by atoms with Crippen LogP contribution in [0, 0.1) is 23.6 Å². The van der Waals surface area contributed by atoms with Crippen molar-refractivity contribution >= 4 is 0 Å². The van der Waals surface area contributed by atoms with Gasteiger partial charge < -0.3 is 5.11 Å². The summed E-state index contributed by atoms with van der Waals surface area (Å²) in [6.07, 6.45) is 3.29. The lowest BCUT2D eigenvalue weighted by Crippen LogP contribution is -2.10. The Labute approximate surface area is 88.9 Å². The van der Waals surface area contributed by atoms with Crippen molar-refractivity contribution in [3.8, 4) is 0 Å². The van der Waals surface area contributed by atoms with Gasteiger partial charge in [0.1, 0.15) is 5.82 Å². The summed E-state index contributed by atoms with van der Waals surface area (Å²) in [6, 6.07) is 6.25. The molecule has 15 heavy (non-hydrogen) atoms. The summed E-state index contributed by atoms with van der Waals surface area (Å²) in [6.45, 7) is 0. The van der Waals surface area contributed by atoms with E-state index in [1.165, 1.54) is 18.6 Å². The van der Waals surface area contributed by atoms with Crippen LogP contribution in [0.4, 0.5) is 4.39 Å². The van der Waals surface area contributed by atoms with Gasteiger partial charge in [0.15, 0.2) is 0 Å². The van der Waals surface area contributed by atoms with Crippen LogP contribution in [0.1, 0.15) is 30.9 Å². The molecule has 0 radical (unpaired) electrons. The number of fused-ring (bicyclic) bond motifs is 1. The van der Waals surface area contributed by atoms with Gasteiger partial charge in [-0.2, -0.15) is 0 Å². The van der Waals surface area contributed by atoms with Gasteiger partial charge in [0.05, 0.1) is 6.10 Å². The molecule has 80 valence electrons. The molecular formula is C13H15FO. The number of halogens is 1. The molecule has 0 heterocycles. The third-order valence-corrected chi connectivity index (χ3v) is 3.94. The summed E-state index contributed by atoms with van der Waals surface area (Å²) in [4.78, 5) is 0. The first-order valence-corrected chi connectivity index (χ1v) is 5.67. The Hall–Kier alpha value is -0.890. The second kappa shape index (κ2) is 3.31. The zero-order chi connectivity index (χ0) is 10.4. The predicted octanol–water partition coefficient (Wildman–Crippen LogP) is 2.91. The monoisotopic (exact) mass is 206 g/mol. The van der Waals surface area contributed by atoms with Crippen LogP contribution in [0.25, 0.3) is 0 Å². The maximum atomic E-state index is 12.7. The van der Waals surface area contributed by atoms with Crippen molar-refractivity contribution in [1.82, 2.24) is 0 Å². The van der Waals surface area contributed by atoms with E-state index in [0.29, 0.717) is 5.92 Å². The van der Waals surface area contributed by atoms with Crippen LogP contribution in [-0.2, 0) is 0 Å². The van der Waals surface area contributed by atoms with Crippen LogP contribution in [0.15, 0.2) is 24.3 Å². The minimum Gasteiger partial charge on any atom is -0.388 e. The Morgan fingerprint density at radius 1 is 1.07 bits per heavy atom. The average molecular weight is 206 g/mol. The standard InChI is InChI=1S/C13H15FO/c14-12-3-1-8(2-4-12)13(15)11-6-9-5-10(9)7-11/h1-4,9-11,13,15H,5-7H2. The van der Waals surface area contributed by atoms with Gasteiger partial charge in [0, 0.05) is 0 Å². The SMILES string of the molecule is OC(c1ccc(F)cc1)C1CC2CC2C1. The van der Waals surface area contributed by atoms with E-state index in [4.69, 9.17) is 0 Å². The van der Waals surface area contributed by atoms with Crippen molar-refractivity contribution in [2.24, 2.45) is 17.8 Å². The van der Waals surface area contributed by atoms with Gasteiger partial charge >= 0.3 is 0 Å². The minimum atomic E-state index is -0.390. The summed E-state index contributed by atoms with van der Waals surface area (Å²) in [5.74, 6) is 1.93. The normalized spacial score (nSPS) is 34.9. The number of benzene rings is 1. The van der Waals surface area contributed by atoms with Crippen molar-refractivity contribution in [2.75, 3.05) is 0 Å². The van der Waals surface area contributed by atoms with E-state index < -0.39 is 6.10 Å². The third kappa shape index (κ3) is 1.67. The maximum Gasteiger partial charge on any atom is 0.123 e. The van der Waals surface area contributed by atoms with Crippen LogP contribution >= 0.6 is 0 Å². The quantitative estimate of drug-likeness (QED) is 0.788. The second-order valence-corrected chi connectivity index (χ2v) is 4.98. The van der Waals surface area contributed by atoms with Gasteiger partial charge in [-0.3, -0.25) is 0 Å². The van der Waals surface area contributed by atoms with E-state index in [0.717, 1.165) is 30.2 Å². The molecule has 0 bridgehead atoms.